The molecule has 4 bridgehead atoms. The number of carbonyl (C=O) groups excluding carboxylic acids is 2. The van der Waals surface area contributed by atoms with Gasteiger partial charge in [0.15, 0.2) is 18.2 Å². The van der Waals surface area contributed by atoms with Gasteiger partial charge in [0, 0.05) is 29.2 Å². The monoisotopic (exact) mass is 488 g/mol. The number of nitrogens with zero attached hydrogens (tertiary/aromatic N) is 2. The number of hydrazine groups is 1. The van der Waals surface area contributed by atoms with Crippen molar-refractivity contribution in [2.45, 2.75) is 32.9 Å². The molecule has 1 atom stereocenters. The molecule has 1 aromatic heterocycles. The molecule has 0 fully saturated rings. The Morgan fingerprint density at radius 2 is 1.92 bits per heavy atom. The van der Waals surface area contributed by atoms with E-state index in [9.17, 15) is 9.59 Å². The van der Waals surface area contributed by atoms with Gasteiger partial charge in [-0.3, -0.25) is 25.4 Å². The number of rotatable bonds is 4. The highest BCUT2D eigenvalue weighted by molar-refractivity contribution is 5.98. The van der Waals surface area contributed by atoms with Gasteiger partial charge in [0.2, 0.25) is 0 Å². The third-order valence-corrected chi connectivity index (χ3v) is 5.44. The average molecular weight is 489 g/mol. The van der Waals surface area contributed by atoms with E-state index in [0.717, 1.165) is 5.56 Å². The lowest BCUT2D eigenvalue weighted by molar-refractivity contribution is -0.122. The molecule has 2 aliphatic heterocycles. The zero-order chi connectivity index (χ0) is 25.7. The van der Waals surface area contributed by atoms with Crippen LogP contribution in [-0.4, -0.2) is 35.5 Å². The number of benzene rings is 2. The van der Waals surface area contributed by atoms with Crippen molar-refractivity contribution in [1.82, 2.24) is 15.8 Å². The molecule has 0 saturated carbocycles. The van der Waals surface area contributed by atoms with Gasteiger partial charge in [0.1, 0.15) is 11.9 Å². The van der Waals surface area contributed by atoms with E-state index in [2.05, 4.69) is 26.1 Å². The van der Waals surface area contributed by atoms with E-state index in [0.29, 0.717) is 39.7 Å². The first-order chi connectivity index (χ1) is 17.3. The SMILES string of the molecule is Cc1cnccc1C(=O)NNC(=O)C1Nc2ccc(cc2)/C(N)=N\COc2cc1ccc2OC(C)C. The molecule has 5 N–H and O–H groups in total. The molecule has 0 spiro atoms. The minimum atomic E-state index is -0.871. The highest BCUT2D eigenvalue weighted by Crippen LogP contribution is 2.33. The Hall–Kier alpha value is -4.60. The number of fused-ring (bicyclic) bond motifs is 5. The summed E-state index contributed by atoms with van der Waals surface area (Å²) in [4.78, 5) is 34.2. The number of aliphatic imine (C=N–C) groups is 1. The number of nitrogens with one attached hydrogen (secondary N) is 3. The van der Waals surface area contributed by atoms with Gasteiger partial charge in [-0.2, -0.15) is 0 Å². The van der Waals surface area contributed by atoms with Crippen LogP contribution in [0, 0.1) is 6.92 Å². The maximum atomic E-state index is 13.3. The molecule has 2 amide bonds. The average Bonchev–Trinajstić information content (AvgIpc) is 2.87. The summed E-state index contributed by atoms with van der Waals surface area (Å²) in [6.45, 7) is 5.55. The molecule has 3 aromatic rings. The van der Waals surface area contributed by atoms with Crippen LogP contribution in [0.15, 0.2) is 65.9 Å². The summed E-state index contributed by atoms with van der Waals surface area (Å²) in [6.07, 6.45) is 3.01. The Morgan fingerprint density at radius 1 is 1.14 bits per heavy atom. The molecular weight excluding hydrogens is 460 g/mol. The lowest BCUT2D eigenvalue weighted by atomic mass is 10.0. The normalized spacial score (nSPS) is 16.2. The number of nitrogens with two attached hydrogens (primary N) is 1. The summed E-state index contributed by atoms with van der Waals surface area (Å²) in [5, 5.41) is 3.22. The van der Waals surface area contributed by atoms with Gasteiger partial charge in [-0.25, -0.2) is 4.99 Å². The summed E-state index contributed by atoms with van der Waals surface area (Å²) >= 11 is 0. The number of aromatic nitrogens is 1. The Bertz CT molecular complexity index is 1290. The van der Waals surface area contributed by atoms with Gasteiger partial charge in [-0.1, -0.05) is 6.07 Å². The standard InChI is InChI=1S/C26H28N6O4/c1-15(2)36-21-9-6-18-12-22(21)35-14-29-24(27)17-4-7-19(8-5-17)30-23(18)26(34)32-31-25(33)20-10-11-28-13-16(20)3/h4-13,15,23,30H,14H2,1-3H3,(H2,27,29)(H,31,33)(H,32,34). The molecule has 10 nitrogen and oxygen atoms in total. The van der Waals surface area contributed by atoms with Gasteiger partial charge in [-0.15, -0.1) is 0 Å². The van der Waals surface area contributed by atoms with E-state index < -0.39 is 17.9 Å². The van der Waals surface area contributed by atoms with Gasteiger partial charge < -0.3 is 20.5 Å². The van der Waals surface area contributed by atoms with E-state index in [1.807, 2.05) is 13.8 Å². The molecule has 1 unspecified atom stereocenters. The number of aryl methyl sites for hydroxylation is 1. The fourth-order valence-electron chi connectivity index (χ4n) is 3.62. The van der Waals surface area contributed by atoms with Crippen LogP contribution < -0.4 is 31.4 Å². The molecular formula is C26H28N6O4. The quantitative estimate of drug-likeness (QED) is 0.414. The van der Waals surface area contributed by atoms with Crippen LogP contribution in [0.1, 0.15) is 46.9 Å². The molecule has 10 heteroatoms. The number of amidine groups is 1. The van der Waals surface area contributed by atoms with E-state index in [1.54, 1.807) is 61.7 Å². The van der Waals surface area contributed by atoms with Crippen LogP contribution in [0.25, 0.3) is 0 Å². The van der Waals surface area contributed by atoms with Crippen LogP contribution in [0.2, 0.25) is 0 Å². The highest BCUT2D eigenvalue weighted by Gasteiger charge is 2.24. The van der Waals surface area contributed by atoms with Gasteiger partial charge in [-0.05, 0) is 74.4 Å². The Kier molecular flexibility index (Phi) is 7.33. The Labute approximate surface area is 208 Å². The number of pyridine rings is 1. The van der Waals surface area contributed by atoms with Gasteiger partial charge >= 0.3 is 0 Å². The molecule has 36 heavy (non-hydrogen) atoms. The van der Waals surface area contributed by atoms with Crippen LogP contribution in [0.4, 0.5) is 5.69 Å². The molecule has 0 saturated heterocycles. The van der Waals surface area contributed by atoms with E-state index in [1.165, 1.54) is 6.20 Å². The molecule has 186 valence electrons. The van der Waals surface area contributed by atoms with Gasteiger partial charge in [0.25, 0.3) is 11.8 Å². The van der Waals surface area contributed by atoms with Crippen LogP contribution in [-0.2, 0) is 4.79 Å². The zero-order valence-electron chi connectivity index (χ0n) is 20.2. The van der Waals surface area contributed by atoms with Gasteiger partial charge in [0.05, 0.1) is 6.10 Å². The number of hydrogen-bond acceptors (Lipinski definition) is 8. The van der Waals surface area contributed by atoms with E-state index in [-0.39, 0.29) is 12.8 Å². The van der Waals surface area contributed by atoms with E-state index in [4.69, 9.17) is 15.2 Å². The predicted octanol–water partition coefficient (Wildman–Crippen LogP) is 2.85. The summed E-state index contributed by atoms with van der Waals surface area (Å²) in [6, 6.07) is 13.1. The lowest BCUT2D eigenvalue weighted by Gasteiger charge is -2.22. The number of hydrogen-bond donors (Lipinski definition) is 4. The Morgan fingerprint density at radius 3 is 2.64 bits per heavy atom. The van der Waals surface area contributed by atoms with Crippen molar-refractivity contribution in [3.8, 4) is 11.5 Å². The van der Waals surface area contributed by atoms with Crippen molar-refractivity contribution in [2.24, 2.45) is 10.7 Å². The number of anilines is 1. The first-order valence-corrected chi connectivity index (χ1v) is 11.4. The van der Waals surface area contributed by atoms with Crippen molar-refractivity contribution in [3.05, 3.63) is 83.2 Å². The van der Waals surface area contributed by atoms with Crippen molar-refractivity contribution in [3.63, 3.8) is 0 Å². The topological polar surface area (TPSA) is 140 Å². The number of carbonyl (C=O) groups is 2. The minimum Gasteiger partial charge on any atom is -0.487 e. The molecule has 3 heterocycles. The second-order valence-corrected chi connectivity index (χ2v) is 8.48. The highest BCUT2D eigenvalue weighted by atomic mass is 16.5. The van der Waals surface area contributed by atoms with Crippen molar-refractivity contribution in [1.29, 1.82) is 0 Å². The zero-order valence-corrected chi connectivity index (χ0v) is 20.2. The number of amides is 2. The largest absolute Gasteiger partial charge is 0.487 e. The second kappa shape index (κ2) is 10.8. The summed E-state index contributed by atoms with van der Waals surface area (Å²) in [5.41, 5.74) is 14.2. The molecule has 2 aliphatic rings. The smallest absolute Gasteiger partial charge is 0.270 e. The third kappa shape index (κ3) is 5.72. The van der Waals surface area contributed by atoms with Crippen molar-refractivity contribution in [2.75, 3.05) is 12.0 Å². The third-order valence-electron chi connectivity index (χ3n) is 5.44. The first-order valence-electron chi connectivity index (χ1n) is 11.4. The van der Waals surface area contributed by atoms with Crippen molar-refractivity contribution < 1.29 is 19.1 Å². The van der Waals surface area contributed by atoms with Crippen LogP contribution >= 0.6 is 0 Å². The molecule has 0 aliphatic carbocycles. The summed E-state index contributed by atoms with van der Waals surface area (Å²) < 4.78 is 11.7. The fraction of sp³-hybridized carbons (Fsp3) is 0.231. The maximum absolute atomic E-state index is 13.3. The summed E-state index contributed by atoms with van der Waals surface area (Å²) in [7, 11) is 0. The Balaban J connectivity index is 1.65. The van der Waals surface area contributed by atoms with Crippen LogP contribution in [0.3, 0.4) is 0 Å². The molecule has 5 rings (SSSR count). The molecule has 0 radical (unpaired) electrons. The predicted molar refractivity (Wildman–Crippen MR) is 136 cm³/mol. The fourth-order valence-corrected chi connectivity index (χ4v) is 3.62. The summed E-state index contributed by atoms with van der Waals surface area (Å²) in [5.74, 6) is 0.323. The number of ether oxygens (including phenoxy) is 2. The van der Waals surface area contributed by atoms with Crippen LogP contribution in [0.5, 0.6) is 11.5 Å². The minimum absolute atomic E-state index is 0.0306. The molecule has 2 aromatic carbocycles. The lowest BCUT2D eigenvalue weighted by Crippen LogP contribution is -2.45. The second-order valence-electron chi connectivity index (χ2n) is 8.48. The van der Waals surface area contributed by atoms with E-state index >= 15 is 0 Å². The first kappa shape index (κ1) is 24.5. The maximum Gasteiger partial charge on any atom is 0.270 e. The van der Waals surface area contributed by atoms with Crippen molar-refractivity contribution >= 4 is 23.3 Å².